The molecule has 2 aromatic heterocycles. The second-order valence-electron chi connectivity index (χ2n) is 9.21. The smallest absolute Gasteiger partial charge is 0.311 e. The minimum atomic E-state index is -0.852. The van der Waals surface area contributed by atoms with Gasteiger partial charge in [-0.1, -0.05) is 18.6 Å². The molecule has 0 spiro atoms. The lowest BCUT2D eigenvalue weighted by atomic mass is 9.95. The zero-order valence-electron chi connectivity index (χ0n) is 19.8. The monoisotopic (exact) mass is 466 g/mol. The van der Waals surface area contributed by atoms with Crippen molar-refractivity contribution in [1.29, 1.82) is 0 Å². The number of carboxylic acids is 1. The summed E-state index contributed by atoms with van der Waals surface area (Å²) in [5.41, 5.74) is 3.01. The highest BCUT2D eigenvalue weighted by atomic mass is 16.5. The topological polar surface area (TPSA) is 105 Å². The van der Waals surface area contributed by atoms with Gasteiger partial charge in [0.15, 0.2) is 0 Å². The summed E-state index contributed by atoms with van der Waals surface area (Å²) in [5, 5.41) is 13.0. The molecule has 2 N–H and O–H groups in total. The molecule has 2 aliphatic rings. The van der Waals surface area contributed by atoms with Crippen LogP contribution in [0.1, 0.15) is 61.3 Å². The number of aromatic nitrogens is 2. The molecular weight excluding hydrogens is 432 g/mol. The van der Waals surface area contributed by atoms with Gasteiger partial charge in [0.2, 0.25) is 11.8 Å². The molecule has 2 aliphatic heterocycles. The molecule has 4 rings (SSSR count). The van der Waals surface area contributed by atoms with Gasteiger partial charge in [-0.15, -0.1) is 0 Å². The third-order valence-corrected chi connectivity index (χ3v) is 6.95. The third kappa shape index (κ3) is 5.85. The summed E-state index contributed by atoms with van der Waals surface area (Å²) in [6.45, 7) is 2.45. The van der Waals surface area contributed by atoms with Gasteiger partial charge in [0.25, 0.3) is 0 Å². The third-order valence-electron chi connectivity index (χ3n) is 6.95. The van der Waals surface area contributed by atoms with E-state index in [1.165, 1.54) is 12.7 Å². The minimum absolute atomic E-state index is 0.0583. The van der Waals surface area contributed by atoms with Crippen LogP contribution in [0.5, 0.6) is 5.88 Å². The van der Waals surface area contributed by atoms with Gasteiger partial charge >= 0.3 is 5.97 Å². The number of hydrogen-bond acceptors (Lipinski definition) is 6. The van der Waals surface area contributed by atoms with Gasteiger partial charge in [0, 0.05) is 43.5 Å². The van der Waals surface area contributed by atoms with Crippen molar-refractivity contribution < 1.29 is 19.4 Å². The van der Waals surface area contributed by atoms with E-state index in [0.29, 0.717) is 24.4 Å². The molecule has 182 valence electrons. The molecule has 1 amide bonds. The maximum atomic E-state index is 12.9. The zero-order chi connectivity index (χ0) is 23.9. The van der Waals surface area contributed by atoms with Gasteiger partial charge in [-0.3, -0.25) is 9.59 Å². The first-order valence-electron chi connectivity index (χ1n) is 12.3. The van der Waals surface area contributed by atoms with Crippen LogP contribution in [0.4, 0.5) is 5.82 Å². The van der Waals surface area contributed by atoms with Crippen LogP contribution in [0.25, 0.3) is 0 Å². The Bertz CT molecular complexity index is 995. The molecule has 8 heteroatoms. The van der Waals surface area contributed by atoms with Crippen LogP contribution in [0.2, 0.25) is 0 Å². The number of carbonyl (C=O) groups is 2. The summed E-state index contributed by atoms with van der Waals surface area (Å²) in [6.07, 6.45) is 8.38. The first-order valence-corrected chi connectivity index (χ1v) is 12.3. The highest BCUT2D eigenvalue weighted by molar-refractivity contribution is 5.80. The van der Waals surface area contributed by atoms with E-state index in [-0.39, 0.29) is 11.8 Å². The average molecular weight is 467 g/mol. The molecule has 2 aromatic rings. The fourth-order valence-corrected chi connectivity index (χ4v) is 4.93. The van der Waals surface area contributed by atoms with Crippen molar-refractivity contribution in [2.24, 2.45) is 5.92 Å². The molecule has 1 fully saturated rings. The van der Waals surface area contributed by atoms with E-state index in [2.05, 4.69) is 22.4 Å². The minimum Gasteiger partial charge on any atom is -0.481 e. The number of aliphatic carboxylic acids is 1. The summed E-state index contributed by atoms with van der Waals surface area (Å²) in [6, 6.07) is 7.70. The molecule has 0 aliphatic carbocycles. The second-order valence-corrected chi connectivity index (χ2v) is 9.21. The predicted octanol–water partition coefficient (Wildman–Crippen LogP) is 3.66. The second kappa shape index (κ2) is 11.3. The number of hydrogen-bond donors (Lipinski definition) is 2. The van der Waals surface area contributed by atoms with Gasteiger partial charge in [-0.2, -0.15) is 0 Å². The highest BCUT2D eigenvalue weighted by Crippen LogP contribution is 2.27. The van der Waals surface area contributed by atoms with E-state index in [1.807, 2.05) is 4.90 Å². The number of fused-ring (bicyclic) bond motifs is 1. The van der Waals surface area contributed by atoms with Crippen LogP contribution in [0.15, 0.2) is 30.5 Å². The number of pyridine rings is 2. The normalized spacial score (nSPS) is 18.3. The molecule has 0 bridgehead atoms. The lowest BCUT2D eigenvalue weighted by Gasteiger charge is -2.18. The van der Waals surface area contributed by atoms with Gasteiger partial charge in [-0.05, 0) is 62.1 Å². The van der Waals surface area contributed by atoms with Gasteiger partial charge in [-0.25, -0.2) is 9.97 Å². The first-order chi connectivity index (χ1) is 16.5. The predicted molar refractivity (Wildman–Crippen MR) is 129 cm³/mol. The van der Waals surface area contributed by atoms with Gasteiger partial charge in [0.1, 0.15) is 5.82 Å². The Hall–Kier alpha value is -3.16. The van der Waals surface area contributed by atoms with Crippen molar-refractivity contribution in [3.05, 3.63) is 47.3 Å². The fourth-order valence-electron chi connectivity index (χ4n) is 4.93. The van der Waals surface area contributed by atoms with Crippen molar-refractivity contribution in [1.82, 2.24) is 14.9 Å². The number of likely N-dealkylation sites (tertiary alicyclic amines) is 1. The molecule has 1 unspecified atom stereocenters. The molecule has 4 heterocycles. The number of unbranched alkanes of at least 4 members (excludes halogenated alkanes) is 1. The van der Waals surface area contributed by atoms with Crippen molar-refractivity contribution in [2.75, 3.05) is 32.1 Å². The lowest BCUT2D eigenvalue weighted by Crippen LogP contribution is -2.28. The number of amides is 1. The molecule has 2 atom stereocenters. The Morgan fingerprint density at radius 2 is 2.18 bits per heavy atom. The van der Waals surface area contributed by atoms with Crippen LogP contribution in [0.3, 0.4) is 0 Å². The van der Waals surface area contributed by atoms with Crippen LogP contribution < -0.4 is 10.1 Å². The number of nitrogens with zero attached hydrogens (tertiary/aromatic N) is 3. The van der Waals surface area contributed by atoms with Crippen molar-refractivity contribution in [3.63, 3.8) is 0 Å². The number of anilines is 1. The van der Waals surface area contributed by atoms with Crippen molar-refractivity contribution >= 4 is 17.7 Å². The standard InChI is InChI=1S/C26H34N4O4/c1-34-23-12-9-20(17-28-23)22(26(32)33)6-2-3-15-30-16-13-19(25(30)31)8-11-21-10-7-18-5-4-14-27-24(18)29-21/h7,9-10,12,17,19,22H,2-6,8,11,13-16H2,1H3,(H,27,29)(H,32,33)/t19-,22?/m0/s1. The molecule has 8 nitrogen and oxygen atoms in total. The van der Waals surface area contributed by atoms with E-state index in [4.69, 9.17) is 9.72 Å². The molecule has 0 aromatic carbocycles. The number of rotatable bonds is 11. The van der Waals surface area contributed by atoms with Crippen molar-refractivity contribution in [2.45, 2.75) is 57.3 Å². The fraction of sp³-hybridized carbons (Fsp3) is 0.538. The van der Waals surface area contributed by atoms with Crippen LogP contribution >= 0.6 is 0 Å². The Balaban J connectivity index is 1.20. The zero-order valence-corrected chi connectivity index (χ0v) is 19.8. The van der Waals surface area contributed by atoms with E-state index in [0.717, 1.165) is 69.5 Å². The summed E-state index contributed by atoms with van der Waals surface area (Å²) in [7, 11) is 1.53. The average Bonchev–Trinajstić information content (AvgIpc) is 3.21. The van der Waals surface area contributed by atoms with Crippen molar-refractivity contribution in [3.8, 4) is 5.88 Å². The van der Waals surface area contributed by atoms with E-state index in [9.17, 15) is 14.7 Å². The van der Waals surface area contributed by atoms with Crippen LogP contribution in [-0.2, 0) is 22.4 Å². The molecular formula is C26H34N4O4. The summed E-state index contributed by atoms with van der Waals surface area (Å²) >= 11 is 0. The Labute approximate surface area is 200 Å². The number of ether oxygens (including phenoxy) is 1. The first kappa shape index (κ1) is 24.0. The highest BCUT2D eigenvalue weighted by Gasteiger charge is 2.31. The Kier molecular flexibility index (Phi) is 7.98. The van der Waals surface area contributed by atoms with Crippen LogP contribution in [-0.4, -0.2) is 58.6 Å². The van der Waals surface area contributed by atoms with E-state index >= 15 is 0 Å². The summed E-state index contributed by atoms with van der Waals surface area (Å²) in [5.74, 6) is 0.310. The molecule has 34 heavy (non-hydrogen) atoms. The summed E-state index contributed by atoms with van der Waals surface area (Å²) in [4.78, 5) is 35.4. The maximum absolute atomic E-state index is 12.9. The van der Waals surface area contributed by atoms with Crippen LogP contribution in [0, 0.1) is 5.92 Å². The Morgan fingerprint density at radius 3 is 2.94 bits per heavy atom. The molecule has 0 radical (unpaired) electrons. The number of carboxylic acid groups (broad SMARTS) is 1. The Morgan fingerprint density at radius 1 is 1.29 bits per heavy atom. The van der Waals surface area contributed by atoms with Gasteiger partial charge < -0.3 is 20.1 Å². The lowest BCUT2D eigenvalue weighted by molar-refractivity contribution is -0.139. The summed E-state index contributed by atoms with van der Waals surface area (Å²) < 4.78 is 5.05. The number of aryl methyl sites for hydroxylation is 2. The number of nitrogens with one attached hydrogen (secondary N) is 1. The SMILES string of the molecule is COc1ccc(C(CCCCN2CC[C@H](CCc3ccc4c(n3)NCCC4)C2=O)C(=O)O)cn1. The molecule has 0 saturated carbocycles. The largest absolute Gasteiger partial charge is 0.481 e. The quantitative estimate of drug-likeness (QED) is 0.487. The van der Waals surface area contributed by atoms with Gasteiger partial charge in [0.05, 0.1) is 13.0 Å². The van der Waals surface area contributed by atoms with E-state index < -0.39 is 11.9 Å². The number of carbonyl (C=O) groups excluding carboxylic acids is 1. The number of methoxy groups -OCH3 is 1. The maximum Gasteiger partial charge on any atom is 0.311 e. The molecule has 1 saturated heterocycles. The van der Waals surface area contributed by atoms with E-state index in [1.54, 1.807) is 18.3 Å².